The molecule has 0 aliphatic carbocycles. The van der Waals surface area contributed by atoms with Crippen molar-refractivity contribution in [1.82, 2.24) is 4.98 Å². The summed E-state index contributed by atoms with van der Waals surface area (Å²) in [6, 6.07) is 3.89. The van der Waals surface area contributed by atoms with E-state index in [4.69, 9.17) is 10.5 Å². The Kier molecular flexibility index (Phi) is 4.04. The minimum absolute atomic E-state index is 0.0690. The van der Waals surface area contributed by atoms with Gasteiger partial charge in [0.2, 0.25) is 0 Å². The maximum absolute atomic E-state index is 6.05. The van der Waals surface area contributed by atoms with Crippen molar-refractivity contribution in [2.24, 2.45) is 5.73 Å². The topological polar surface area (TPSA) is 48.1 Å². The molecule has 0 bridgehead atoms. The standard InChI is InChI=1S/C11H18N2O/c1-4-10(14-3)11(12)9-6-5-8(2)13-7-9/h5-7,10-11H,4,12H2,1-3H3. The third-order valence-electron chi connectivity index (χ3n) is 2.42. The summed E-state index contributed by atoms with van der Waals surface area (Å²) in [4.78, 5) is 4.22. The number of hydrogen-bond donors (Lipinski definition) is 1. The molecule has 78 valence electrons. The highest BCUT2D eigenvalue weighted by molar-refractivity contribution is 5.17. The molecule has 2 unspecified atom stereocenters. The highest BCUT2D eigenvalue weighted by atomic mass is 16.5. The van der Waals surface area contributed by atoms with Gasteiger partial charge in [-0.25, -0.2) is 0 Å². The van der Waals surface area contributed by atoms with Gasteiger partial charge in [-0.2, -0.15) is 0 Å². The molecule has 3 heteroatoms. The molecule has 0 fully saturated rings. The third kappa shape index (κ3) is 2.53. The zero-order valence-corrected chi connectivity index (χ0v) is 9.03. The van der Waals surface area contributed by atoms with E-state index < -0.39 is 0 Å². The SMILES string of the molecule is CCC(OC)C(N)c1ccc(C)nc1. The number of hydrogen-bond acceptors (Lipinski definition) is 3. The van der Waals surface area contributed by atoms with Crippen molar-refractivity contribution in [3.8, 4) is 0 Å². The predicted molar refractivity (Wildman–Crippen MR) is 57.0 cm³/mol. The van der Waals surface area contributed by atoms with Crippen LogP contribution in [0.15, 0.2) is 18.3 Å². The van der Waals surface area contributed by atoms with Crippen LogP contribution in [0, 0.1) is 6.92 Å². The summed E-state index contributed by atoms with van der Waals surface area (Å²) >= 11 is 0. The Labute approximate surface area is 85.3 Å². The summed E-state index contributed by atoms with van der Waals surface area (Å²) in [5.74, 6) is 0. The van der Waals surface area contributed by atoms with E-state index in [-0.39, 0.29) is 12.1 Å². The highest BCUT2D eigenvalue weighted by Crippen LogP contribution is 2.17. The Morgan fingerprint density at radius 3 is 2.64 bits per heavy atom. The van der Waals surface area contributed by atoms with Crippen molar-refractivity contribution < 1.29 is 4.74 Å². The lowest BCUT2D eigenvalue weighted by molar-refractivity contribution is 0.0771. The molecule has 0 aromatic carbocycles. The van der Waals surface area contributed by atoms with Crippen molar-refractivity contribution in [2.75, 3.05) is 7.11 Å². The molecular formula is C11H18N2O. The Morgan fingerprint density at radius 2 is 2.21 bits per heavy atom. The monoisotopic (exact) mass is 194 g/mol. The van der Waals surface area contributed by atoms with Gasteiger partial charge >= 0.3 is 0 Å². The number of nitrogens with two attached hydrogens (primary N) is 1. The molecule has 2 atom stereocenters. The van der Waals surface area contributed by atoms with Gasteiger partial charge in [-0.05, 0) is 25.0 Å². The van der Waals surface area contributed by atoms with Crippen LogP contribution in [-0.4, -0.2) is 18.2 Å². The van der Waals surface area contributed by atoms with Gasteiger partial charge in [-0.1, -0.05) is 13.0 Å². The van der Waals surface area contributed by atoms with E-state index in [1.165, 1.54) is 0 Å². The number of pyridine rings is 1. The largest absolute Gasteiger partial charge is 0.379 e. The van der Waals surface area contributed by atoms with Gasteiger partial charge < -0.3 is 10.5 Å². The summed E-state index contributed by atoms with van der Waals surface area (Å²) in [5, 5.41) is 0. The van der Waals surface area contributed by atoms with Gasteiger partial charge in [0.15, 0.2) is 0 Å². The van der Waals surface area contributed by atoms with E-state index in [9.17, 15) is 0 Å². The number of methoxy groups -OCH3 is 1. The fraction of sp³-hybridized carbons (Fsp3) is 0.545. The lowest BCUT2D eigenvalue weighted by atomic mass is 10.0. The molecule has 0 amide bonds. The zero-order chi connectivity index (χ0) is 10.6. The molecule has 0 aliphatic heterocycles. The molecule has 14 heavy (non-hydrogen) atoms. The van der Waals surface area contributed by atoms with Gasteiger partial charge in [0, 0.05) is 19.0 Å². The second-order valence-corrected chi connectivity index (χ2v) is 3.44. The van der Waals surface area contributed by atoms with Crippen LogP contribution in [0.3, 0.4) is 0 Å². The molecule has 1 rings (SSSR count). The summed E-state index contributed by atoms with van der Waals surface area (Å²) in [5.41, 5.74) is 8.08. The first-order valence-electron chi connectivity index (χ1n) is 4.90. The van der Waals surface area contributed by atoms with Crippen molar-refractivity contribution in [2.45, 2.75) is 32.4 Å². The molecule has 0 saturated carbocycles. The van der Waals surface area contributed by atoms with Gasteiger partial charge in [0.25, 0.3) is 0 Å². The second-order valence-electron chi connectivity index (χ2n) is 3.44. The van der Waals surface area contributed by atoms with Gasteiger partial charge in [0.1, 0.15) is 0 Å². The number of aryl methyl sites for hydroxylation is 1. The quantitative estimate of drug-likeness (QED) is 0.795. The van der Waals surface area contributed by atoms with E-state index >= 15 is 0 Å². The van der Waals surface area contributed by atoms with E-state index in [0.29, 0.717) is 0 Å². The van der Waals surface area contributed by atoms with Crippen LogP contribution in [0.25, 0.3) is 0 Å². The molecule has 1 heterocycles. The second kappa shape index (κ2) is 5.08. The highest BCUT2D eigenvalue weighted by Gasteiger charge is 2.16. The van der Waals surface area contributed by atoms with Gasteiger partial charge in [-0.3, -0.25) is 4.98 Å². The van der Waals surface area contributed by atoms with Crippen LogP contribution in [0.1, 0.15) is 30.6 Å². The first kappa shape index (κ1) is 11.1. The Bertz CT molecular complexity index is 267. The molecule has 1 aromatic rings. The van der Waals surface area contributed by atoms with Crippen molar-refractivity contribution in [3.63, 3.8) is 0 Å². The van der Waals surface area contributed by atoms with Crippen molar-refractivity contribution >= 4 is 0 Å². The number of ether oxygens (including phenoxy) is 1. The first-order chi connectivity index (χ1) is 6.69. The van der Waals surface area contributed by atoms with E-state index in [0.717, 1.165) is 17.7 Å². The van der Waals surface area contributed by atoms with Crippen molar-refractivity contribution in [1.29, 1.82) is 0 Å². The number of aromatic nitrogens is 1. The van der Waals surface area contributed by atoms with E-state index in [2.05, 4.69) is 11.9 Å². The number of rotatable bonds is 4. The van der Waals surface area contributed by atoms with E-state index in [1.807, 2.05) is 25.3 Å². The van der Waals surface area contributed by atoms with Gasteiger partial charge in [-0.15, -0.1) is 0 Å². The molecule has 0 saturated heterocycles. The van der Waals surface area contributed by atoms with Crippen LogP contribution in [-0.2, 0) is 4.74 Å². The molecule has 0 radical (unpaired) electrons. The molecule has 2 N–H and O–H groups in total. The van der Waals surface area contributed by atoms with Crippen LogP contribution in [0.5, 0.6) is 0 Å². The zero-order valence-electron chi connectivity index (χ0n) is 9.03. The Hall–Kier alpha value is -0.930. The molecule has 1 aromatic heterocycles. The number of nitrogens with zero attached hydrogens (tertiary/aromatic N) is 1. The fourth-order valence-corrected chi connectivity index (χ4v) is 1.46. The predicted octanol–water partition coefficient (Wildman–Crippen LogP) is 1.81. The van der Waals surface area contributed by atoms with Crippen LogP contribution < -0.4 is 5.73 Å². The van der Waals surface area contributed by atoms with Crippen LogP contribution in [0.2, 0.25) is 0 Å². The van der Waals surface area contributed by atoms with Crippen LogP contribution in [0.4, 0.5) is 0 Å². The fourth-order valence-electron chi connectivity index (χ4n) is 1.46. The summed E-state index contributed by atoms with van der Waals surface area (Å²) in [6.07, 6.45) is 2.80. The third-order valence-corrected chi connectivity index (χ3v) is 2.42. The molecule has 0 aliphatic rings. The molecule has 3 nitrogen and oxygen atoms in total. The normalized spacial score (nSPS) is 15.1. The van der Waals surface area contributed by atoms with Gasteiger partial charge in [0.05, 0.1) is 12.1 Å². The molecular weight excluding hydrogens is 176 g/mol. The van der Waals surface area contributed by atoms with E-state index in [1.54, 1.807) is 7.11 Å². The average Bonchev–Trinajstić information content (AvgIpc) is 2.20. The average molecular weight is 194 g/mol. The minimum atomic E-state index is -0.0851. The summed E-state index contributed by atoms with van der Waals surface area (Å²) in [7, 11) is 1.69. The molecule has 0 spiro atoms. The minimum Gasteiger partial charge on any atom is -0.379 e. The smallest absolute Gasteiger partial charge is 0.0761 e. The Morgan fingerprint density at radius 1 is 1.50 bits per heavy atom. The summed E-state index contributed by atoms with van der Waals surface area (Å²) < 4.78 is 5.29. The first-order valence-corrected chi connectivity index (χ1v) is 4.90. The summed E-state index contributed by atoms with van der Waals surface area (Å²) in [6.45, 7) is 4.03. The van der Waals surface area contributed by atoms with Crippen molar-refractivity contribution in [3.05, 3.63) is 29.6 Å². The maximum atomic E-state index is 6.05. The maximum Gasteiger partial charge on any atom is 0.0761 e. The lowest BCUT2D eigenvalue weighted by Crippen LogP contribution is -2.27. The lowest BCUT2D eigenvalue weighted by Gasteiger charge is -2.21. The van der Waals surface area contributed by atoms with Crippen LogP contribution >= 0.6 is 0 Å². The Balaban J connectivity index is 2.77.